The SMILES string of the molecule is Cn1nccc1CCC(NN)C1CCCc2sccc21. The van der Waals surface area contributed by atoms with Gasteiger partial charge in [0.2, 0.25) is 0 Å². The fraction of sp³-hybridized carbons (Fsp3) is 0.533. The van der Waals surface area contributed by atoms with Crippen LogP contribution in [0.2, 0.25) is 0 Å². The van der Waals surface area contributed by atoms with E-state index < -0.39 is 0 Å². The topological polar surface area (TPSA) is 55.9 Å². The summed E-state index contributed by atoms with van der Waals surface area (Å²) in [6.45, 7) is 0. The molecule has 0 bridgehead atoms. The highest BCUT2D eigenvalue weighted by Crippen LogP contribution is 2.37. The van der Waals surface area contributed by atoms with E-state index >= 15 is 0 Å². The van der Waals surface area contributed by atoms with Crippen molar-refractivity contribution in [1.82, 2.24) is 15.2 Å². The number of hydrazine groups is 1. The molecule has 0 saturated heterocycles. The molecular weight excluding hydrogens is 268 g/mol. The zero-order valence-electron chi connectivity index (χ0n) is 11.9. The maximum absolute atomic E-state index is 5.84. The van der Waals surface area contributed by atoms with Crippen LogP contribution in [0.15, 0.2) is 23.7 Å². The van der Waals surface area contributed by atoms with Crippen LogP contribution in [0, 0.1) is 0 Å². The van der Waals surface area contributed by atoms with Crippen LogP contribution in [-0.2, 0) is 19.9 Å². The molecule has 20 heavy (non-hydrogen) atoms. The van der Waals surface area contributed by atoms with Crippen LogP contribution < -0.4 is 11.3 Å². The van der Waals surface area contributed by atoms with Crippen LogP contribution in [0.1, 0.15) is 41.3 Å². The molecule has 2 atom stereocenters. The van der Waals surface area contributed by atoms with Crippen molar-refractivity contribution in [3.63, 3.8) is 0 Å². The van der Waals surface area contributed by atoms with E-state index in [2.05, 4.69) is 28.0 Å². The van der Waals surface area contributed by atoms with Crippen LogP contribution in [0.4, 0.5) is 0 Å². The van der Waals surface area contributed by atoms with E-state index in [1.807, 2.05) is 29.3 Å². The molecule has 0 aromatic carbocycles. The van der Waals surface area contributed by atoms with Gasteiger partial charge in [0.1, 0.15) is 0 Å². The van der Waals surface area contributed by atoms with Crippen molar-refractivity contribution < 1.29 is 0 Å². The molecular formula is C15H22N4S. The standard InChI is InChI=1S/C15H22N4S/c1-19-11(7-9-17-19)5-6-14(18-16)12-3-2-4-15-13(12)8-10-20-15/h7-10,12,14,18H,2-6,16H2,1H3. The van der Waals surface area contributed by atoms with Gasteiger partial charge in [0, 0.05) is 35.8 Å². The molecule has 0 aliphatic heterocycles. The number of fused-ring (bicyclic) bond motifs is 1. The second-order valence-electron chi connectivity index (χ2n) is 5.56. The van der Waals surface area contributed by atoms with Crippen LogP contribution in [-0.4, -0.2) is 15.8 Å². The number of aromatic nitrogens is 2. The van der Waals surface area contributed by atoms with Crippen LogP contribution in [0.5, 0.6) is 0 Å². The first-order chi connectivity index (χ1) is 9.79. The van der Waals surface area contributed by atoms with Crippen LogP contribution >= 0.6 is 11.3 Å². The average molecular weight is 290 g/mol. The van der Waals surface area contributed by atoms with E-state index in [0.29, 0.717) is 12.0 Å². The molecule has 108 valence electrons. The summed E-state index contributed by atoms with van der Waals surface area (Å²) in [7, 11) is 2.00. The maximum Gasteiger partial charge on any atom is 0.0492 e. The van der Waals surface area contributed by atoms with Gasteiger partial charge < -0.3 is 0 Å². The van der Waals surface area contributed by atoms with E-state index in [-0.39, 0.29) is 0 Å². The third kappa shape index (κ3) is 2.66. The molecule has 0 spiro atoms. The Hall–Kier alpha value is -1.17. The largest absolute Gasteiger partial charge is 0.273 e. The fourth-order valence-corrected chi connectivity index (χ4v) is 4.29. The smallest absolute Gasteiger partial charge is 0.0492 e. The first-order valence-corrected chi connectivity index (χ1v) is 8.17. The van der Waals surface area contributed by atoms with Crippen LogP contribution in [0.25, 0.3) is 0 Å². The predicted molar refractivity (Wildman–Crippen MR) is 82.6 cm³/mol. The molecule has 2 aromatic rings. The Balaban J connectivity index is 1.70. The molecule has 2 heterocycles. The van der Waals surface area contributed by atoms with Crippen molar-refractivity contribution in [3.8, 4) is 0 Å². The number of nitrogens with two attached hydrogens (primary N) is 1. The monoisotopic (exact) mass is 290 g/mol. The van der Waals surface area contributed by atoms with Gasteiger partial charge in [-0.2, -0.15) is 5.10 Å². The van der Waals surface area contributed by atoms with Gasteiger partial charge in [-0.25, -0.2) is 0 Å². The van der Waals surface area contributed by atoms with Gasteiger partial charge in [-0.3, -0.25) is 16.0 Å². The molecule has 0 fully saturated rings. The minimum atomic E-state index is 0.346. The number of hydrogen-bond acceptors (Lipinski definition) is 4. The highest BCUT2D eigenvalue weighted by atomic mass is 32.1. The van der Waals surface area contributed by atoms with E-state index in [9.17, 15) is 0 Å². The molecule has 4 nitrogen and oxygen atoms in total. The van der Waals surface area contributed by atoms with Crippen molar-refractivity contribution in [2.75, 3.05) is 0 Å². The Labute approximate surface area is 124 Å². The Kier molecular flexibility index (Phi) is 4.19. The van der Waals surface area contributed by atoms with E-state index in [1.54, 1.807) is 4.88 Å². The Bertz CT molecular complexity index is 560. The predicted octanol–water partition coefficient (Wildman–Crippen LogP) is 2.37. The van der Waals surface area contributed by atoms with Crippen molar-refractivity contribution in [2.45, 2.75) is 44.1 Å². The molecule has 2 aromatic heterocycles. The summed E-state index contributed by atoms with van der Waals surface area (Å²) < 4.78 is 1.95. The highest BCUT2D eigenvalue weighted by molar-refractivity contribution is 7.10. The normalized spacial score (nSPS) is 19.8. The summed E-state index contributed by atoms with van der Waals surface area (Å²) in [5, 5.41) is 6.45. The number of rotatable bonds is 5. The van der Waals surface area contributed by atoms with Gasteiger partial charge in [0.15, 0.2) is 0 Å². The number of hydrogen-bond donors (Lipinski definition) is 2. The summed E-state index contributed by atoms with van der Waals surface area (Å²) >= 11 is 1.89. The van der Waals surface area contributed by atoms with Crippen molar-refractivity contribution in [1.29, 1.82) is 0 Å². The van der Waals surface area contributed by atoms with Gasteiger partial charge in [-0.1, -0.05) is 0 Å². The average Bonchev–Trinajstić information content (AvgIpc) is 3.09. The molecule has 1 aliphatic rings. The van der Waals surface area contributed by atoms with Gasteiger partial charge >= 0.3 is 0 Å². The number of thiophene rings is 1. The first-order valence-electron chi connectivity index (χ1n) is 7.29. The minimum Gasteiger partial charge on any atom is -0.273 e. The zero-order chi connectivity index (χ0) is 13.9. The fourth-order valence-electron chi connectivity index (χ4n) is 3.29. The Morgan fingerprint density at radius 3 is 3.20 bits per heavy atom. The molecule has 2 unspecified atom stereocenters. The lowest BCUT2D eigenvalue weighted by Gasteiger charge is -2.30. The zero-order valence-corrected chi connectivity index (χ0v) is 12.7. The second kappa shape index (κ2) is 6.08. The van der Waals surface area contributed by atoms with E-state index in [4.69, 9.17) is 5.84 Å². The molecule has 0 amide bonds. The molecule has 3 N–H and O–H groups in total. The van der Waals surface area contributed by atoms with Crippen molar-refractivity contribution >= 4 is 11.3 Å². The number of nitrogens with one attached hydrogen (secondary N) is 1. The lowest BCUT2D eigenvalue weighted by molar-refractivity contribution is 0.378. The summed E-state index contributed by atoms with van der Waals surface area (Å²) in [5.41, 5.74) is 5.85. The third-order valence-electron chi connectivity index (χ3n) is 4.43. The number of aryl methyl sites for hydroxylation is 3. The maximum atomic E-state index is 5.84. The first kappa shape index (κ1) is 13.8. The molecule has 1 aliphatic carbocycles. The molecule has 0 saturated carbocycles. The summed E-state index contributed by atoms with van der Waals surface area (Å²) in [5.74, 6) is 6.40. The Morgan fingerprint density at radius 1 is 1.55 bits per heavy atom. The van der Waals surface area contributed by atoms with Crippen LogP contribution in [0.3, 0.4) is 0 Å². The van der Waals surface area contributed by atoms with Crippen molar-refractivity contribution in [2.24, 2.45) is 12.9 Å². The summed E-state index contributed by atoms with van der Waals surface area (Å²) in [6.07, 6.45) is 7.68. The van der Waals surface area contributed by atoms with Crippen molar-refractivity contribution in [3.05, 3.63) is 39.8 Å². The molecule has 3 rings (SSSR count). The highest BCUT2D eigenvalue weighted by Gasteiger charge is 2.28. The van der Waals surface area contributed by atoms with Gasteiger partial charge in [0.05, 0.1) is 0 Å². The molecule has 0 radical (unpaired) electrons. The van der Waals surface area contributed by atoms with E-state index in [0.717, 1.165) is 12.8 Å². The lowest BCUT2D eigenvalue weighted by atomic mass is 9.81. The van der Waals surface area contributed by atoms with Gasteiger partial charge in [0.25, 0.3) is 0 Å². The van der Waals surface area contributed by atoms with Gasteiger partial charge in [-0.05, 0) is 55.2 Å². The van der Waals surface area contributed by atoms with Gasteiger partial charge in [-0.15, -0.1) is 11.3 Å². The minimum absolute atomic E-state index is 0.346. The summed E-state index contributed by atoms with van der Waals surface area (Å²) in [6, 6.07) is 4.72. The summed E-state index contributed by atoms with van der Waals surface area (Å²) in [4.78, 5) is 1.56. The lowest BCUT2D eigenvalue weighted by Crippen LogP contribution is -2.41. The quantitative estimate of drug-likeness (QED) is 0.656. The third-order valence-corrected chi connectivity index (χ3v) is 5.43. The van der Waals surface area contributed by atoms with E-state index in [1.165, 1.54) is 30.5 Å². The number of nitrogens with zero attached hydrogens (tertiary/aromatic N) is 2. The Morgan fingerprint density at radius 2 is 2.45 bits per heavy atom. The molecule has 5 heteroatoms. The second-order valence-corrected chi connectivity index (χ2v) is 6.56.